The molecule has 2 heteroatoms. The second-order valence-corrected chi connectivity index (χ2v) is 1.27. The summed E-state index contributed by atoms with van der Waals surface area (Å²) >= 11 is 0. The number of rotatable bonds is 1. The summed E-state index contributed by atoms with van der Waals surface area (Å²) in [5.74, 6) is 0. The molecule has 0 saturated heterocycles. The summed E-state index contributed by atoms with van der Waals surface area (Å²) in [6, 6.07) is 0. The van der Waals surface area contributed by atoms with Crippen molar-refractivity contribution in [3.63, 3.8) is 0 Å². The monoisotopic (exact) mass is 86.1 g/mol. The molecule has 0 aromatic rings. The summed E-state index contributed by atoms with van der Waals surface area (Å²) in [6.07, 6.45) is 1.76. The third kappa shape index (κ3) is 2.00. The molecule has 0 aromatic heterocycles. The van der Waals surface area contributed by atoms with Gasteiger partial charge in [-0.1, -0.05) is 11.5 Å². The van der Waals surface area contributed by atoms with Gasteiger partial charge in [-0.3, -0.25) is 0 Å². The number of hydrogen-bond acceptors (Lipinski definition) is 0. The maximum atomic E-state index is 11.3. The van der Waals surface area contributed by atoms with Gasteiger partial charge in [-0.15, -0.1) is 0 Å². The Bertz CT molecular complexity index is 58.6. The summed E-state index contributed by atoms with van der Waals surface area (Å²) in [5.41, 5.74) is 0.801. The fourth-order valence-electron chi connectivity index (χ4n) is 0.0772. The van der Waals surface area contributed by atoms with Gasteiger partial charge in [0.1, 0.15) is 0 Å². The van der Waals surface area contributed by atoms with Gasteiger partial charge in [0, 0.05) is 0 Å². The zero-order valence-electron chi connectivity index (χ0n) is 4.16. The molecule has 0 heterocycles. The van der Waals surface area contributed by atoms with Crippen LogP contribution < -0.4 is 0 Å². The summed E-state index contributed by atoms with van der Waals surface area (Å²) in [5, 5.41) is 0. The topological polar surface area (TPSA) is 0 Å². The molecule has 0 fully saturated rings. The largest absolute Gasteiger partial charge is 0.359 e. The van der Waals surface area contributed by atoms with Crippen LogP contribution in [-0.4, -0.2) is 7.56 Å². The molecule has 0 radical (unpaired) electrons. The van der Waals surface area contributed by atoms with Crippen LogP contribution in [0.4, 0.5) is 4.32 Å². The van der Waals surface area contributed by atoms with Crippen molar-refractivity contribution in [2.75, 3.05) is 0 Å². The summed E-state index contributed by atoms with van der Waals surface area (Å²) in [4.78, 5) is 0. The van der Waals surface area contributed by atoms with Crippen LogP contribution in [0.3, 0.4) is 0 Å². The Morgan fingerprint density at radius 1 is 1.83 bits per heavy atom. The first-order chi connectivity index (χ1) is 2.81. The van der Waals surface area contributed by atoms with Gasteiger partial charge in [-0.2, -0.15) is 0 Å². The van der Waals surface area contributed by atoms with E-state index in [0.717, 1.165) is 5.47 Å². The second kappa shape index (κ2) is 2.95. The van der Waals surface area contributed by atoms with Crippen molar-refractivity contribution in [1.82, 2.24) is 0 Å². The van der Waals surface area contributed by atoms with Gasteiger partial charge in [0.05, 0.1) is 0 Å². The summed E-state index contributed by atoms with van der Waals surface area (Å²) in [7, 11) is -0.309. The molecule has 0 spiro atoms. The lowest BCUT2D eigenvalue weighted by Crippen LogP contribution is -1.78. The smallest absolute Gasteiger partial charge is 0.335 e. The fourth-order valence-corrected chi connectivity index (χ4v) is 0.0772. The SMILES string of the molecule is CC=C(C)BF. The highest BCUT2D eigenvalue weighted by Crippen LogP contribution is 1.85. The van der Waals surface area contributed by atoms with Crippen molar-refractivity contribution in [3.8, 4) is 0 Å². The maximum Gasteiger partial charge on any atom is 0.359 e. The van der Waals surface area contributed by atoms with E-state index in [9.17, 15) is 4.32 Å². The molecule has 0 N–H and O–H groups in total. The van der Waals surface area contributed by atoms with Crippen LogP contribution >= 0.6 is 0 Å². The minimum absolute atomic E-state index is 0.309. The lowest BCUT2D eigenvalue weighted by atomic mass is 9.93. The highest BCUT2D eigenvalue weighted by atomic mass is 19.1. The van der Waals surface area contributed by atoms with Crippen LogP contribution in [0.2, 0.25) is 0 Å². The van der Waals surface area contributed by atoms with Crippen LogP contribution in [0.15, 0.2) is 11.5 Å². The molecule has 0 nitrogen and oxygen atoms in total. The van der Waals surface area contributed by atoms with Gasteiger partial charge in [0.2, 0.25) is 0 Å². The quantitative estimate of drug-likeness (QED) is 0.421. The van der Waals surface area contributed by atoms with Crippen molar-refractivity contribution in [1.29, 1.82) is 0 Å². The summed E-state index contributed by atoms with van der Waals surface area (Å²) < 4.78 is 11.3. The highest BCUT2D eigenvalue weighted by Gasteiger charge is 1.82. The van der Waals surface area contributed by atoms with E-state index in [2.05, 4.69) is 0 Å². The molecule has 0 atom stereocenters. The maximum absolute atomic E-state index is 11.3. The van der Waals surface area contributed by atoms with E-state index in [4.69, 9.17) is 0 Å². The molecule has 0 saturated carbocycles. The van der Waals surface area contributed by atoms with Crippen LogP contribution in [-0.2, 0) is 0 Å². The standard InChI is InChI=1S/C4H8BF/c1-3-4(2)5-6/h3,5H,1-2H3. The van der Waals surface area contributed by atoms with Gasteiger partial charge in [-0.25, -0.2) is 0 Å². The molecule has 0 rings (SSSR count). The molecule has 0 bridgehead atoms. The number of allylic oxidation sites excluding steroid dienone is 2. The minimum Gasteiger partial charge on any atom is -0.335 e. The van der Waals surface area contributed by atoms with Crippen LogP contribution in [0.25, 0.3) is 0 Å². The lowest BCUT2D eigenvalue weighted by molar-refractivity contribution is 0.876. The first-order valence-corrected chi connectivity index (χ1v) is 1.99. The normalized spacial score (nSPS) is 11.5. The molecule has 0 unspecified atom stereocenters. The Morgan fingerprint density at radius 2 is 2.33 bits per heavy atom. The molecule has 0 amide bonds. The Morgan fingerprint density at radius 3 is 2.33 bits per heavy atom. The van der Waals surface area contributed by atoms with Crippen molar-refractivity contribution < 1.29 is 4.32 Å². The van der Waals surface area contributed by atoms with E-state index in [0.29, 0.717) is 0 Å². The van der Waals surface area contributed by atoms with E-state index in [1.807, 2.05) is 6.92 Å². The predicted octanol–water partition coefficient (Wildman–Crippen LogP) is 1.23. The van der Waals surface area contributed by atoms with Crippen molar-refractivity contribution >= 4 is 7.56 Å². The lowest BCUT2D eigenvalue weighted by Gasteiger charge is -1.79. The summed E-state index contributed by atoms with van der Waals surface area (Å²) in [6.45, 7) is 3.59. The highest BCUT2D eigenvalue weighted by molar-refractivity contribution is 6.36. The van der Waals surface area contributed by atoms with E-state index >= 15 is 0 Å². The Balaban J connectivity index is 3.22. The van der Waals surface area contributed by atoms with E-state index in [1.165, 1.54) is 0 Å². The Kier molecular flexibility index (Phi) is 2.82. The van der Waals surface area contributed by atoms with Crippen LogP contribution in [0.1, 0.15) is 13.8 Å². The molecule has 0 aliphatic carbocycles. The average molecular weight is 85.9 g/mol. The third-order valence-electron chi connectivity index (χ3n) is 0.704. The van der Waals surface area contributed by atoms with Crippen molar-refractivity contribution in [3.05, 3.63) is 11.5 Å². The zero-order valence-corrected chi connectivity index (χ0v) is 4.16. The number of hydrogen-bond donors (Lipinski definition) is 0. The third-order valence-corrected chi connectivity index (χ3v) is 0.704. The van der Waals surface area contributed by atoms with Crippen molar-refractivity contribution in [2.45, 2.75) is 13.8 Å². The second-order valence-electron chi connectivity index (χ2n) is 1.27. The van der Waals surface area contributed by atoms with Gasteiger partial charge in [0.25, 0.3) is 0 Å². The molecular weight excluding hydrogens is 77.9 g/mol. The molecule has 6 heavy (non-hydrogen) atoms. The van der Waals surface area contributed by atoms with Crippen LogP contribution in [0, 0.1) is 0 Å². The van der Waals surface area contributed by atoms with Gasteiger partial charge < -0.3 is 4.32 Å². The first kappa shape index (κ1) is 5.73. The Hall–Kier alpha value is -0.265. The molecule has 0 aromatic carbocycles. The van der Waals surface area contributed by atoms with E-state index < -0.39 is 0 Å². The first-order valence-electron chi connectivity index (χ1n) is 1.99. The molecule has 34 valence electrons. The van der Waals surface area contributed by atoms with Crippen LogP contribution in [0.5, 0.6) is 0 Å². The average Bonchev–Trinajstić information content (AvgIpc) is 1.65. The Labute approximate surface area is 38.3 Å². The fraction of sp³-hybridized carbons (Fsp3) is 0.500. The minimum atomic E-state index is -0.309. The zero-order chi connectivity index (χ0) is 4.99. The van der Waals surface area contributed by atoms with E-state index in [-0.39, 0.29) is 7.56 Å². The number of halogens is 1. The van der Waals surface area contributed by atoms with E-state index in [1.54, 1.807) is 13.0 Å². The molecule has 0 aliphatic heterocycles. The molecular formula is C4H8BF. The van der Waals surface area contributed by atoms with Crippen molar-refractivity contribution in [2.24, 2.45) is 0 Å². The van der Waals surface area contributed by atoms with Gasteiger partial charge in [0.15, 0.2) is 0 Å². The predicted molar refractivity (Wildman–Crippen MR) is 27.7 cm³/mol. The molecule has 0 aliphatic rings. The van der Waals surface area contributed by atoms with Gasteiger partial charge in [-0.05, 0) is 13.8 Å². The van der Waals surface area contributed by atoms with Gasteiger partial charge >= 0.3 is 7.56 Å².